The molecular formula is C8H17N2P. The molecule has 0 aromatic carbocycles. The van der Waals surface area contributed by atoms with Crippen LogP contribution >= 0.6 is 8.58 Å². The van der Waals surface area contributed by atoms with E-state index in [2.05, 4.69) is 17.6 Å². The van der Waals surface area contributed by atoms with Crippen LogP contribution in [0.3, 0.4) is 0 Å². The highest BCUT2D eigenvalue weighted by molar-refractivity contribution is 7.42. The second kappa shape index (κ2) is 4.87. The van der Waals surface area contributed by atoms with E-state index in [9.17, 15) is 0 Å². The van der Waals surface area contributed by atoms with Gasteiger partial charge in [-0.25, -0.2) is 0 Å². The second-order valence-electron chi connectivity index (χ2n) is 2.82. The molecule has 2 nitrogen and oxygen atoms in total. The van der Waals surface area contributed by atoms with E-state index >= 15 is 0 Å². The minimum atomic E-state index is 0.789. The zero-order valence-electron chi connectivity index (χ0n) is 7.14. The third-order valence-electron chi connectivity index (χ3n) is 2.06. The summed E-state index contributed by atoms with van der Waals surface area (Å²) in [5.41, 5.74) is 5.47. The highest BCUT2D eigenvalue weighted by Crippen LogP contribution is 2.25. The van der Waals surface area contributed by atoms with Crippen LogP contribution in [0.5, 0.6) is 0 Å². The number of hydrogen-bond acceptors (Lipinski definition) is 2. The quantitative estimate of drug-likeness (QED) is 0.639. The van der Waals surface area contributed by atoms with E-state index in [1.54, 1.807) is 5.31 Å². The van der Waals surface area contributed by atoms with Crippen LogP contribution in [0.1, 0.15) is 6.42 Å². The zero-order valence-corrected chi connectivity index (χ0v) is 8.14. The van der Waals surface area contributed by atoms with Crippen molar-refractivity contribution in [2.24, 2.45) is 5.73 Å². The fraction of sp³-hybridized carbons (Fsp3) is 0.750. The molecule has 0 amide bonds. The van der Waals surface area contributed by atoms with Crippen LogP contribution in [-0.2, 0) is 0 Å². The topological polar surface area (TPSA) is 29.3 Å². The Morgan fingerprint density at radius 3 is 3.00 bits per heavy atom. The van der Waals surface area contributed by atoms with Gasteiger partial charge in [-0.3, -0.25) is 4.90 Å². The van der Waals surface area contributed by atoms with Gasteiger partial charge in [0, 0.05) is 26.2 Å². The number of rotatable bonds is 3. The van der Waals surface area contributed by atoms with E-state index in [1.165, 1.54) is 13.0 Å². The van der Waals surface area contributed by atoms with Crippen molar-refractivity contribution in [1.82, 2.24) is 4.90 Å². The van der Waals surface area contributed by atoms with Gasteiger partial charge in [0.05, 0.1) is 0 Å². The highest BCUT2D eigenvalue weighted by Gasteiger charge is 2.08. The molecule has 1 rings (SSSR count). The zero-order chi connectivity index (χ0) is 8.10. The summed E-state index contributed by atoms with van der Waals surface area (Å²) in [6.07, 6.45) is 3.62. The Kier molecular flexibility index (Phi) is 4.06. The maximum atomic E-state index is 5.47. The van der Waals surface area contributed by atoms with Gasteiger partial charge in [-0.1, -0.05) is 20.0 Å². The Balaban J connectivity index is 2.29. The molecule has 0 saturated carbocycles. The Bertz CT molecular complexity index is 145. The van der Waals surface area contributed by atoms with E-state index in [1.807, 2.05) is 0 Å². The van der Waals surface area contributed by atoms with Gasteiger partial charge in [0.2, 0.25) is 0 Å². The first-order chi connectivity index (χ1) is 5.36. The van der Waals surface area contributed by atoms with Crippen molar-refractivity contribution < 1.29 is 0 Å². The van der Waals surface area contributed by atoms with E-state index in [0.717, 1.165) is 28.2 Å². The number of nitrogens with two attached hydrogens (primary N) is 1. The van der Waals surface area contributed by atoms with E-state index < -0.39 is 0 Å². The number of hydrogen-bond donors (Lipinski definition) is 1. The predicted molar refractivity (Wildman–Crippen MR) is 52.4 cm³/mol. The highest BCUT2D eigenvalue weighted by atomic mass is 31.1. The SMILES string of the molecule is CPC1=CCN(CCN)CC1. The van der Waals surface area contributed by atoms with Crippen LogP contribution in [0, 0.1) is 0 Å². The Morgan fingerprint density at radius 2 is 2.55 bits per heavy atom. The first kappa shape index (κ1) is 9.18. The lowest BCUT2D eigenvalue weighted by Crippen LogP contribution is -2.32. The molecule has 0 aromatic rings. The molecule has 1 atom stereocenters. The normalized spacial score (nSPS) is 21.1. The van der Waals surface area contributed by atoms with Crippen molar-refractivity contribution in [3.8, 4) is 0 Å². The summed E-state index contributed by atoms with van der Waals surface area (Å²) in [5.74, 6) is 0. The smallest absolute Gasteiger partial charge is 0.0169 e. The fourth-order valence-electron chi connectivity index (χ4n) is 1.32. The lowest BCUT2D eigenvalue weighted by Gasteiger charge is -2.24. The van der Waals surface area contributed by atoms with Crippen molar-refractivity contribution in [2.45, 2.75) is 6.42 Å². The summed E-state index contributed by atoms with van der Waals surface area (Å²) in [6, 6.07) is 0. The molecule has 0 aromatic heterocycles. The summed E-state index contributed by atoms with van der Waals surface area (Å²) in [4.78, 5) is 2.41. The van der Waals surface area contributed by atoms with Gasteiger partial charge in [-0.05, 0) is 13.1 Å². The lowest BCUT2D eigenvalue weighted by atomic mass is 10.2. The van der Waals surface area contributed by atoms with Gasteiger partial charge in [0.25, 0.3) is 0 Å². The number of nitrogens with zero attached hydrogens (tertiary/aromatic N) is 1. The molecule has 2 N–H and O–H groups in total. The van der Waals surface area contributed by atoms with Crippen LogP contribution in [0.2, 0.25) is 0 Å². The van der Waals surface area contributed by atoms with Crippen LogP contribution in [0.15, 0.2) is 11.4 Å². The molecule has 64 valence electrons. The lowest BCUT2D eigenvalue weighted by molar-refractivity contribution is 0.305. The average molecular weight is 172 g/mol. The first-order valence-corrected chi connectivity index (χ1v) is 5.66. The molecule has 1 aliphatic rings. The standard InChI is InChI=1S/C8H17N2P/c1-11-8-2-5-10(6-3-8)7-4-9/h2,11H,3-7,9H2,1H3. The molecule has 1 aliphatic heterocycles. The molecule has 0 saturated heterocycles. The van der Waals surface area contributed by atoms with Crippen LogP contribution in [0.4, 0.5) is 0 Å². The van der Waals surface area contributed by atoms with Crippen molar-refractivity contribution >= 4 is 8.58 Å². The van der Waals surface area contributed by atoms with E-state index in [0.29, 0.717) is 0 Å². The van der Waals surface area contributed by atoms with Crippen molar-refractivity contribution in [3.05, 3.63) is 11.4 Å². The predicted octanol–water partition coefficient (Wildman–Crippen LogP) is 0.843. The fourth-order valence-corrected chi connectivity index (χ4v) is 1.98. The van der Waals surface area contributed by atoms with E-state index in [-0.39, 0.29) is 0 Å². The van der Waals surface area contributed by atoms with E-state index in [4.69, 9.17) is 5.73 Å². The van der Waals surface area contributed by atoms with Crippen LogP contribution < -0.4 is 5.73 Å². The Labute approximate surface area is 70.6 Å². The largest absolute Gasteiger partial charge is 0.329 e. The molecule has 0 bridgehead atoms. The van der Waals surface area contributed by atoms with Crippen LogP contribution in [0.25, 0.3) is 0 Å². The summed E-state index contributed by atoms with van der Waals surface area (Å²) < 4.78 is 0. The first-order valence-electron chi connectivity index (χ1n) is 4.16. The Hall–Kier alpha value is 0.0900. The minimum Gasteiger partial charge on any atom is -0.329 e. The van der Waals surface area contributed by atoms with Crippen molar-refractivity contribution in [3.63, 3.8) is 0 Å². The summed E-state index contributed by atoms with van der Waals surface area (Å²) in [7, 11) is 1.00. The van der Waals surface area contributed by atoms with Gasteiger partial charge in [-0.15, -0.1) is 0 Å². The molecule has 0 aliphatic carbocycles. The molecular weight excluding hydrogens is 155 g/mol. The van der Waals surface area contributed by atoms with Gasteiger partial charge in [-0.2, -0.15) is 0 Å². The molecule has 3 heteroatoms. The molecule has 1 unspecified atom stereocenters. The van der Waals surface area contributed by atoms with Crippen LogP contribution in [-0.4, -0.2) is 37.7 Å². The maximum Gasteiger partial charge on any atom is 0.0169 e. The summed E-state index contributed by atoms with van der Waals surface area (Å²) in [6.45, 7) is 6.43. The average Bonchev–Trinajstić information content (AvgIpc) is 2.07. The van der Waals surface area contributed by atoms with Gasteiger partial charge >= 0.3 is 0 Å². The van der Waals surface area contributed by atoms with Gasteiger partial charge in [0.1, 0.15) is 0 Å². The molecule has 0 radical (unpaired) electrons. The molecule has 1 heterocycles. The third kappa shape index (κ3) is 2.90. The molecule has 11 heavy (non-hydrogen) atoms. The molecule has 0 spiro atoms. The summed E-state index contributed by atoms with van der Waals surface area (Å²) in [5, 5.41) is 1.64. The summed E-state index contributed by atoms with van der Waals surface area (Å²) >= 11 is 0. The minimum absolute atomic E-state index is 0.789. The van der Waals surface area contributed by atoms with Crippen molar-refractivity contribution in [1.29, 1.82) is 0 Å². The molecule has 0 fully saturated rings. The van der Waals surface area contributed by atoms with Crippen molar-refractivity contribution in [2.75, 3.05) is 32.8 Å². The second-order valence-corrected chi connectivity index (χ2v) is 3.96. The van der Waals surface area contributed by atoms with Gasteiger partial charge in [0.15, 0.2) is 0 Å². The third-order valence-corrected chi connectivity index (χ3v) is 3.16. The monoisotopic (exact) mass is 172 g/mol. The maximum absolute atomic E-state index is 5.47. The Morgan fingerprint density at radius 1 is 1.73 bits per heavy atom. The van der Waals surface area contributed by atoms with Gasteiger partial charge < -0.3 is 5.73 Å².